The van der Waals surface area contributed by atoms with Crippen LogP contribution in [0.4, 0.5) is 4.79 Å². The maximum Gasteiger partial charge on any atom is 0.408 e. The van der Waals surface area contributed by atoms with E-state index in [-0.39, 0.29) is 12.5 Å². The van der Waals surface area contributed by atoms with Gasteiger partial charge in [-0.3, -0.25) is 9.69 Å². The van der Waals surface area contributed by atoms with Crippen LogP contribution in [-0.2, 0) is 4.79 Å². The van der Waals surface area contributed by atoms with Gasteiger partial charge in [0.05, 0.1) is 0 Å². The number of nitrogens with zero attached hydrogens (tertiary/aromatic N) is 2. The van der Waals surface area contributed by atoms with E-state index in [2.05, 4.69) is 13.8 Å². The second-order valence-corrected chi connectivity index (χ2v) is 13.2. The number of carbonyl (C=O) groups excluding carboxylic acids is 1. The molecule has 0 aliphatic heterocycles. The summed E-state index contributed by atoms with van der Waals surface area (Å²) in [6.45, 7) is 11.6. The lowest BCUT2D eigenvalue weighted by Crippen LogP contribution is -2.51. The molecule has 0 aromatic carbocycles. The lowest BCUT2D eigenvalue weighted by molar-refractivity contribution is -0.133. The van der Waals surface area contributed by atoms with Crippen LogP contribution in [0.3, 0.4) is 0 Å². The summed E-state index contributed by atoms with van der Waals surface area (Å²) in [7, 11) is 0. The quantitative estimate of drug-likeness (QED) is 0.0958. The number of rotatable bonds is 28. The molecule has 0 rings (SSSR count). The third-order valence-corrected chi connectivity index (χ3v) is 8.25. The van der Waals surface area contributed by atoms with E-state index in [4.69, 9.17) is 0 Å². The molecule has 0 unspecified atom stereocenters. The molecule has 0 atom stereocenters. The van der Waals surface area contributed by atoms with Crippen molar-refractivity contribution >= 4 is 12.0 Å². The van der Waals surface area contributed by atoms with Gasteiger partial charge in [0.25, 0.3) is 0 Å². The highest BCUT2D eigenvalue weighted by molar-refractivity contribution is 5.82. The highest BCUT2D eigenvalue weighted by atomic mass is 16.4. The van der Waals surface area contributed by atoms with Crippen molar-refractivity contribution in [2.45, 2.75) is 194 Å². The minimum Gasteiger partial charge on any atom is -0.465 e. The standard InChI is InChI=1S/C35H70N2O3/c1-6-8-10-12-14-16-18-20-22-24-26-28-30-36(33(38)32-37(34(39)40)35(3,4)5)31-29-27-25-23-21-19-17-15-13-11-9-7-2/h6-32H2,1-5H3,(H,39,40). The van der Waals surface area contributed by atoms with Gasteiger partial charge >= 0.3 is 6.09 Å². The summed E-state index contributed by atoms with van der Waals surface area (Å²) in [5.41, 5.74) is -0.584. The lowest BCUT2D eigenvalue weighted by Gasteiger charge is -2.34. The van der Waals surface area contributed by atoms with E-state index in [9.17, 15) is 14.7 Å². The fraction of sp³-hybridized carbons (Fsp3) is 0.943. The molecule has 0 bridgehead atoms. The van der Waals surface area contributed by atoms with E-state index in [0.29, 0.717) is 0 Å². The maximum atomic E-state index is 13.2. The average Bonchev–Trinajstić information content (AvgIpc) is 2.90. The SMILES string of the molecule is CCCCCCCCCCCCCCN(CCCCCCCCCCCCCC)C(=O)CN(C(=O)O)C(C)(C)C. The van der Waals surface area contributed by atoms with Crippen molar-refractivity contribution in [2.75, 3.05) is 19.6 Å². The van der Waals surface area contributed by atoms with E-state index in [1.807, 2.05) is 25.7 Å². The number of amides is 2. The van der Waals surface area contributed by atoms with Crippen molar-refractivity contribution in [1.29, 1.82) is 0 Å². The van der Waals surface area contributed by atoms with Crippen molar-refractivity contribution in [3.05, 3.63) is 0 Å². The smallest absolute Gasteiger partial charge is 0.408 e. The van der Waals surface area contributed by atoms with E-state index in [0.717, 1.165) is 38.8 Å². The Hall–Kier alpha value is -1.26. The fourth-order valence-electron chi connectivity index (χ4n) is 5.48. The van der Waals surface area contributed by atoms with Crippen LogP contribution < -0.4 is 0 Å². The maximum absolute atomic E-state index is 13.2. The molecule has 0 aromatic rings. The molecule has 0 heterocycles. The minimum absolute atomic E-state index is 0.0385. The van der Waals surface area contributed by atoms with Gasteiger partial charge in [-0.15, -0.1) is 0 Å². The zero-order chi connectivity index (χ0) is 29.9. The molecule has 5 nitrogen and oxygen atoms in total. The molecule has 40 heavy (non-hydrogen) atoms. The minimum atomic E-state index is -1.02. The Labute approximate surface area is 250 Å². The van der Waals surface area contributed by atoms with Gasteiger partial charge < -0.3 is 10.0 Å². The van der Waals surface area contributed by atoms with Crippen LogP contribution in [0.1, 0.15) is 189 Å². The van der Waals surface area contributed by atoms with Gasteiger partial charge in [0.1, 0.15) is 6.54 Å². The number of carboxylic acid groups (broad SMARTS) is 1. The number of hydrogen-bond acceptors (Lipinski definition) is 2. The summed E-state index contributed by atoms with van der Waals surface area (Å²) < 4.78 is 0. The van der Waals surface area contributed by atoms with Gasteiger partial charge in [0.2, 0.25) is 5.91 Å². The summed E-state index contributed by atoms with van der Waals surface area (Å²) in [6.07, 6.45) is 30.2. The lowest BCUT2D eigenvalue weighted by atomic mass is 10.0. The molecule has 0 aliphatic rings. The fourth-order valence-corrected chi connectivity index (χ4v) is 5.48. The second kappa shape index (κ2) is 26.6. The molecule has 0 spiro atoms. The van der Waals surface area contributed by atoms with Crippen LogP contribution in [0.2, 0.25) is 0 Å². The summed E-state index contributed by atoms with van der Waals surface area (Å²) in [4.78, 5) is 28.2. The second-order valence-electron chi connectivity index (χ2n) is 13.2. The monoisotopic (exact) mass is 567 g/mol. The number of hydrogen-bond donors (Lipinski definition) is 1. The van der Waals surface area contributed by atoms with Crippen molar-refractivity contribution in [3.63, 3.8) is 0 Å². The summed E-state index contributed by atoms with van der Waals surface area (Å²) in [5.74, 6) is -0.0385. The van der Waals surface area contributed by atoms with Gasteiger partial charge in [-0.1, -0.05) is 155 Å². The Kier molecular flexibility index (Phi) is 25.8. The Morgan fingerprint density at radius 1 is 0.500 bits per heavy atom. The molecular formula is C35H70N2O3. The Balaban J connectivity index is 4.31. The van der Waals surface area contributed by atoms with Gasteiger partial charge in [0.15, 0.2) is 0 Å². The molecule has 5 heteroatoms. The van der Waals surface area contributed by atoms with Crippen LogP contribution in [-0.4, -0.2) is 52.1 Å². The molecule has 1 N–H and O–H groups in total. The van der Waals surface area contributed by atoms with E-state index >= 15 is 0 Å². The molecule has 2 amide bonds. The molecule has 238 valence electrons. The van der Waals surface area contributed by atoms with E-state index < -0.39 is 11.6 Å². The first-order chi connectivity index (χ1) is 19.2. The highest BCUT2D eigenvalue weighted by Crippen LogP contribution is 2.16. The van der Waals surface area contributed by atoms with Gasteiger partial charge in [-0.25, -0.2) is 4.79 Å². The van der Waals surface area contributed by atoms with E-state index in [1.165, 1.54) is 133 Å². The third-order valence-electron chi connectivity index (χ3n) is 8.25. The topological polar surface area (TPSA) is 60.9 Å². The van der Waals surface area contributed by atoms with Crippen LogP contribution in [0.5, 0.6) is 0 Å². The predicted octanol–water partition coefficient (Wildman–Crippen LogP) is 11.0. The van der Waals surface area contributed by atoms with Crippen molar-refractivity contribution in [1.82, 2.24) is 9.80 Å². The number of carbonyl (C=O) groups is 2. The average molecular weight is 567 g/mol. The molecule has 0 radical (unpaired) electrons. The molecular weight excluding hydrogens is 496 g/mol. The molecule has 0 saturated heterocycles. The summed E-state index contributed by atoms with van der Waals surface area (Å²) >= 11 is 0. The first-order valence-corrected chi connectivity index (χ1v) is 17.5. The normalized spacial score (nSPS) is 11.6. The van der Waals surface area contributed by atoms with Crippen LogP contribution in [0, 0.1) is 0 Å². The number of unbranched alkanes of at least 4 members (excludes halogenated alkanes) is 22. The summed E-state index contributed by atoms with van der Waals surface area (Å²) in [6, 6.07) is 0. The largest absolute Gasteiger partial charge is 0.465 e. The molecule has 0 aliphatic carbocycles. The van der Waals surface area contributed by atoms with Crippen LogP contribution >= 0.6 is 0 Å². The van der Waals surface area contributed by atoms with Gasteiger partial charge in [0, 0.05) is 18.6 Å². The van der Waals surface area contributed by atoms with Crippen LogP contribution in [0.15, 0.2) is 0 Å². The first-order valence-electron chi connectivity index (χ1n) is 17.5. The molecule has 0 aromatic heterocycles. The van der Waals surface area contributed by atoms with Gasteiger partial charge in [-0.2, -0.15) is 0 Å². The predicted molar refractivity (Wildman–Crippen MR) is 173 cm³/mol. The molecule has 0 fully saturated rings. The Bertz CT molecular complexity index is 560. The van der Waals surface area contributed by atoms with Crippen molar-refractivity contribution in [3.8, 4) is 0 Å². The molecule has 0 saturated carbocycles. The first kappa shape index (κ1) is 38.7. The summed E-state index contributed by atoms with van der Waals surface area (Å²) in [5, 5.41) is 9.67. The van der Waals surface area contributed by atoms with Crippen molar-refractivity contribution in [2.24, 2.45) is 0 Å². The van der Waals surface area contributed by atoms with Crippen molar-refractivity contribution < 1.29 is 14.7 Å². The van der Waals surface area contributed by atoms with Crippen LogP contribution in [0.25, 0.3) is 0 Å². The van der Waals surface area contributed by atoms with Gasteiger partial charge in [-0.05, 0) is 33.6 Å². The third kappa shape index (κ3) is 23.4. The highest BCUT2D eigenvalue weighted by Gasteiger charge is 2.29. The zero-order valence-corrected chi connectivity index (χ0v) is 27.8. The van der Waals surface area contributed by atoms with E-state index in [1.54, 1.807) is 0 Å². The Morgan fingerprint density at radius 3 is 1.02 bits per heavy atom. The zero-order valence-electron chi connectivity index (χ0n) is 27.8. The Morgan fingerprint density at radius 2 is 0.775 bits per heavy atom.